The van der Waals surface area contributed by atoms with Crippen LogP contribution < -0.4 is 0 Å². The van der Waals surface area contributed by atoms with E-state index in [1.165, 1.54) is 0 Å². The van der Waals surface area contributed by atoms with Gasteiger partial charge in [-0.25, -0.2) is 0 Å². The minimum atomic E-state index is -1.50. The van der Waals surface area contributed by atoms with Crippen LogP contribution in [0.15, 0.2) is 5.29 Å². The molecule has 1 saturated heterocycles. The van der Waals surface area contributed by atoms with Gasteiger partial charge in [0.2, 0.25) is 0 Å². The molecule has 8 nitrogen and oxygen atoms in total. The van der Waals surface area contributed by atoms with E-state index in [9.17, 15) is 4.91 Å². The highest BCUT2D eigenvalue weighted by Gasteiger charge is 2.25. The molecular formula is C8H18N4O4. The Morgan fingerprint density at radius 3 is 1.88 bits per heavy atom. The molecule has 1 aliphatic heterocycles. The van der Waals surface area contributed by atoms with E-state index in [4.69, 9.17) is 15.3 Å². The lowest BCUT2D eigenvalue weighted by molar-refractivity contribution is -0.742. The van der Waals surface area contributed by atoms with Crippen LogP contribution in [0.2, 0.25) is 0 Å². The van der Waals surface area contributed by atoms with Crippen molar-refractivity contribution >= 4 is 0 Å². The van der Waals surface area contributed by atoms with Gasteiger partial charge in [0, 0.05) is 18.6 Å². The maximum Gasteiger partial charge on any atom is 0.291 e. The third-order valence-electron chi connectivity index (χ3n) is 2.32. The Bertz CT molecular complexity index is 229. The highest BCUT2D eigenvalue weighted by atomic mass is 16.9. The van der Waals surface area contributed by atoms with Crippen LogP contribution in [0.25, 0.3) is 0 Å². The van der Waals surface area contributed by atoms with Gasteiger partial charge in [-0.2, -0.15) is 0 Å². The summed E-state index contributed by atoms with van der Waals surface area (Å²) in [4.78, 5) is 20.9. The van der Waals surface area contributed by atoms with E-state index >= 15 is 0 Å². The van der Waals surface area contributed by atoms with Gasteiger partial charge in [-0.3, -0.25) is 9.91 Å². The summed E-state index contributed by atoms with van der Waals surface area (Å²) >= 11 is 0. The van der Waals surface area contributed by atoms with Gasteiger partial charge in [0.25, 0.3) is 5.09 Å². The van der Waals surface area contributed by atoms with Crippen molar-refractivity contribution < 1.29 is 10.3 Å². The Balaban J connectivity index is 0.000000487. The monoisotopic (exact) mass is 234 g/mol. The third kappa shape index (κ3) is 6.12. The molecule has 0 spiro atoms. The first-order chi connectivity index (χ1) is 7.27. The van der Waals surface area contributed by atoms with Crippen LogP contribution in [-0.2, 0) is 0 Å². The van der Waals surface area contributed by atoms with Crippen molar-refractivity contribution in [2.24, 2.45) is 5.29 Å². The van der Waals surface area contributed by atoms with Crippen LogP contribution in [0.3, 0.4) is 0 Å². The zero-order valence-electron chi connectivity index (χ0n) is 9.79. The third-order valence-corrected chi connectivity index (χ3v) is 2.32. The lowest BCUT2D eigenvalue weighted by Crippen LogP contribution is -2.51. The molecule has 1 fully saturated rings. The first kappa shape index (κ1) is 14.6. The first-order valence-electron chi connectivity index (χ1n) is 4.94. The molecule has 0 unspecified atom stereocenters. The molecule has 0 aromatic carbocycles. The number of rotatable bonds is 1. The minimum Gasteiger partial charge on any atom is -0.328 e. The number of hydrogen-bond donors (Lipinski definition) is 1. The van der Waals surface area contributed by atoms with Gasteiger partial charge >= 0.3 is 0 Å². The second-order valence-electron chi connectivity index (χ2n) is 4.43. The molecule has 0 amide bonds. The van der Waals surface area contributed by atoms with Gasteiger partial charge in [-0.15, -0.1) is 15.0 Å². The van der Waals surface area contributed by atoms with E-state index in [0.29, 0.717) is 0 Å². The van der Waals surface area contributed by atoms with Crippen molar-refractivity contribution in [3.8, 4) is 0 Å². The molecule has 0 atom stereocenters. The summed E-state index contributed by atoms with van der Waals surface area (Å²) in [5.41, 5.74) is 0.217. The fourth-order valence-electron chi connectivity index (χ4n) is 1.45. The second-order valence-corrected chi connectivity index (χ2v) is 4.43. The maximum atomic E-state index is 10.2. The van der Waals surface area contributed by atoms with Crippen molar-refractivity contribution in [1.29, 1.82) is 0 Å². The lowest BCUT2D eigenvalue weighted by Gasteiger charge is -2.40. The molecule has 0 aromatic rings. The van der Waals surface area contributed by atoms with Crippen LogP contribution in [-0.4, -0.2) is 51.9 Å². The molecule has 1 aliphatic rings. The summed E-state index contributed by atoms with van der Waals surface area (Å²) < 4.78 is 0. The average molecular weight is 234 g/mol. The highest BCUT2D eigenvalue weighted by Crippen LogP contribution is 2.15. The number of hydrogen-bond acceptors (Lipinski definition) is 5. The summed E-state index contributed by atoms with van der Waals surface area (Å²) in [5.74, 6) is 0. The molecule has 16 heavy (non-hydrogen) atoms. The van der Waals surface area contributed by atoms with Crippen molar-refractivity contribution in [3.05, 3.63) is 15.0 Å². The highest BCUT2D eigenvalue weighted by molar-refractivity contribution is 4.80. The van der Waals surface area contributed by atoms with Crippen LogP contribution >= 0.6 is 0 Å². The minimum absolute atomic E-state index is 0.217. The molecule has 1 N–H and O–H groups in total. The van der Waals surface area contributed by atoms with E-state index in [1.54, 1.807) is 5.01 Å². The average Bonchev–Trinajstić information content (AvgIpc) is 2.16. The summed E-state index contributed by atoms with van der Waals surface area (Å²) in [6.07, 6.45) is 0. The zero-order chi connectivity index (χ0) is 12.8. The fraction of sp³-hybridized carbons (Fsp3) is 1.00. The summed E-state index contributed by atoms with van der Waals surface area (Å²) in [7, 11) is 0. The van der Waals surface area contributed by atoms with Gasteiger partial charge < -0.3 is 5.21 Å². The van der Waals surface area contributed by atoms with E-state index < -0.39 is 5.09 Å². The topological polar surface area (TPSA) is 99.3 Å². The fourth-order valence-corrected chi connectivity index (χ4v) is 1.45. The Labute approximate surface area is 93.9 Å². The SMILES string of the molecule is CC(C)(C)N1CCN(N=O)CC1.O=[N+]([O-])O. The molecule has 1 heterocycles. The van der Waals surface area contributed by atoms with E-state index in [2.05, 4.69) is 31.0 Å². The molecular weight excluding hydrogens is 216 g/mol. The molecule has 0 radical (unpaired) electrons. The van der Waals surface area contributed by atoms with Gasteiger partial charge in [-0.1, -0.05) is 0 Å². The van der Waals surface area contributed by atoms with Crippen molar-refractivity contribution in [3.63, 3.8) is 0 Å². The Kier molecular flexibility index (Phi) is 5.65. The second kappa shape index (κ2) is 6.21. The van der Waals surface area contributed by atoms with Gasteiger partial charge in [0.05, 0.1) is 18.4 Å². The molecule has 0 aliphatic carbocycles. The van der Waals surface area contributed by atoms with Gasteiger partial charge in [0.15, 0.2) is 0 Å². The zero-order valence-corrected chi connectivity index (χ0v) is 9.79. The van der Waals surface area contributed by atoms with Crippen LogP contribution in [0, 0.1) is 15.0 Å². The summed E-state index contributed by atoms with van der Waals surface area (Å²) in [5, 5.41) is 18.1. The van der Waals surface area contributed by atoms with E-state index in [1.807, 2.05) is 0 Å². The quantitative estimate of drug-likeness (QED) is 0.408. The first-order valence-corrected chi connectivity index (χ1v) is 4.94. The van der Waals surface area contributed by atoms with Crippen molar-refractivity contribution in [1.82, 2.24) is 9.91 Å². The van der Waals surface area contributed by atoms with Crippen molar-refractivity contribution in [2.75, 3.05) is 26.2 Å². The number of nitroso groups, excluding NO2 is 1. The standard InChI is InChI=1S/C8H17N3O.HNO3/c1-8(2,3)10-4-6-11(9-12)7-5-10;2-1(3)4/h4-7H2,1-3H3;(H,2,3,4). The van der Waals surface area contributed by atoms with Crippen molar-refractivity contribution in [2.45, 2.75) is 26.3 Å². The van der Waals surface area contributed by atoms with Gasteiger partial charge in [0.1, 0.15) is 0 Å². The van der Waals surface area contributed by atoms with Crippen LogP contribution in [0.1, 0.15) is 20.8 Å². The van der Waals surface area contributed by atoms with Gasteiger partial charge in [-0.05, 0) is 20.8 Å². The number of piperazine rings is 1. The molecule has 0 saturated carbocycles. The Morgan fingerprint density at radius 2 is 1.62 bits per heavy atom. The molecule has 94 valence electrons. The van der Waals surface area contributed by atoms with Crippen LogP contribution in [0.5, 0.6) is 0 Å². The summed E-state index contributed by atoms with van der Waals surface area (Å²) in [6, 6.07) is 0. The maximum absolute atomic E-state index is 10.2. The summed E-state index contributed by atoms with van der Waals surface area (Å²) in [6.45, 7) is 9.98. The predicted octanol–water partition coefficient (Wildman–Crippen LogP) is 0.736. The normalized spacial score (nSPS) is 17.3. The van der Waals surface area contributed by atoms with E-state index in [0.717, 1.165) is 26.2 Å². The molecule has 0 bridgehead atoms. The Morgan fingerprint density at radius 1 is 1.25 bits per heavy atom. The largest absolute Gasteiger partial charge is 0.328 e. The molecule has 8 heteroatoms. The van der Waals surface area contributed by atoms with E-state index in [-0.39, 0.29) is 5.54 Å². The molecule has 1 rings (SSSR count). The van der Waals surface area contributed by atoms with Crippen LogP contribution in [0.4, 0.5) is 0 Å². The Hall–Kier alpha value is -1.44. The molecule has 0 aromatic heterocycles. The lowest BCUT2D eigenvalue weighted by atomic mass is 10.1. The smallest absolute Gasteiger partial charge is 0.291 e. The number of nitrogens with zero attached hydrogens (tertiary/aromatic N) is 4. The predicted molar refractivity (Wildman–Crippen MR) is 57.5 cm³/mol.